The maximum Gasteiger partial charge on any atom is 0.267 e. The normalized spacial score (nSPS) is 13.3. The van der Waals surface area contributed by atoms with Crippen LogP contribution in [0.25, 0.3) is 15.9 Å². The van der Waals surface area contributed by atoms with E-state index < -0.39 is 0 Å². The Morgan fingerprint density at radius 3 is 2.86 bits per heavy atom. The Morgan fingerprint density at radius 1 is 1.21 bits per heavy atom. The van der Waals surface area contributed by atoms with E-state index in [4.69, 9.17) is 9.51 Å². The Bertz CT molecular complexity index is 1210. The zero-order valence-electron chi connectivity index (χ0n) is 15.3. The molecule has 0 bridgehead atoms. The molecule has 8 heteroatoms. The first-order valence-corrected chi connectivity index (χ1v) is 11.1. The van der Waals surface area contributed by atoms with Crippen LogP contribution in [-0.4, -0.2) is 19.7 Å². The van der Waals surface area contributed by atoms with E-state index in [1.807, 2.05) is 37.3 Å². The Balaban J connectivity index is 1.63. The largest absolute Gasteiger partial charge is 0.338 e. The van der Waals surface area contributed by atoms with Crippen LogP contribution in [-0.2, 0) is 25.0 Å². The first-order valence-electron chi connectivity index (χ1n) is 9.31. The zero-order chi connectivity index (χ0) is 19.1. The molecule has 1 aliphatic rings. The monoisotopic (exact) mass is 410 g/mol. The summed E-state index contributed by atoms with van der Waals surface area (Å²) in [5.41, 5.74) is 2.03. The summed E-state index contributed by atoms with van der Waals surface area (Å²) in [6, 6.07) is 9.69. The lowest BCUT2D eigenvalue weighted by atomic mass is 10.2. The number of rotatable bonds is 5. The van der Waals surface area contributed by atoms with E-state index in [2.05, 4.69) is 10.1 Å². The van der Waals surface area contributed by atoms with Crippen molar-refractivity contribution in [2.45, 2.75) is 43.5 Å². The number of hydrogen-bond donors (Lipinski definition) is 0. The fourth-order valence-corrected chi connectivity index (χ4v) is 5.70. The van der Waals surface area contributed by atoms with Crippen LogP contribution in [0.15, 0.2) is 44.8 Å². The summed E-state index contributed by atoms with van der Waals surface area (Å²) in [7, 11) is 0. The Morgan fingerprint density at radius 2 is 2.07 bits per heavy atom. The van der Waals surface area contributed by atoms with Gasteiger partial charge in [0, 0.05) is 11.3 Å². The van der Waals surface area contributed by atoms with Crippen LogP contribution >= 0.6 is 23.1 Å². The van der Waals surface area contributed by atoms with Gasteiger partial charge in [0.2, 0.25) is 5.89 Å². The quantitative estimate of drug-likeness (QED) is 0.363. The summed E-state index contributed by atoms with van der Waals surface area (Å²) < 4.78 is 7.01. The van der Waals surface area contributed by atoms with Gasteiger partial charge in [-0.3, -0.25) is 9.36 Å². The van der Waals surface area contributed by atoms with Gasteiger partial charge in [0.25, 0.3) is 5.56 Å². The van der Waals surface area contributed by atoms with Gasteiger partial charge in [0.1, 0.15) is 4.83 Å². The van der Waals surface area contributed by atoms with Gasteiger partial charge in [0.15, 0.2) is 11.0 Å². The number of fused-ring (bicyclic) bond motifs is 3. The Kier molecular flexibility index (Phi) is 4.52. The summed E-state index contributed by atoms with van der Waals surface area (Å²) in [4.78, 5) is 24.9. The zero-order valence-corrected chi connectivity index (χ0v) is 17.0. The molecule has 0 radical (unpaired) electrons. The minimum atomic E-state index is 0.0119. The molecule has 3 heterocycles. The molecule has 0 N–H and O–H groups in total. The highest BCUT2D eigenvalue weighted by Gasteiger charge is 2.24. The van der Waals surface area contributed by atoms with Crippen LogP contribution < -0.4 is 5.56 Å². The van der Waals surface area contributed by atoms with Crippen molar-refractivity contribution < 1.29 is 4.52 Å². The van der Waals surface area contributed by atoms with Crippen LogP contribution in [0.1, 0.15) is 35.5 Å². The number of aromatic nitrogens is 4. The molecule has 1 aliphatic carbocycles. The fraction of sp³-hybridized carbons (Fsp3) is 0.300. The highest BCUT2D eigenvalue weighted by Crippen LogP contribution is 2.36. The Hall–Kier alpha value is -2.45. The second-order valence-electron chi connectivity index (χ2n) is 6.65. The summed E-state index contributed by atoms with van der Waals surface area (Å²) in [5.74, 6) is 1.71. The van der Waals surface area contributed by atoms with Crippen LogP contribution in [0, 0.1) is 0 Å². The van der Waals surface area contributed by atoms with E-state index in [0.717, 1.165) is 41.6 Å². The standard InChI is InChI=1S/C20H18N4O2S2/c1-2-15-21-16(26-23-15)11-27-20-22-18-17(13-9-6-10-14(13)28-18)19(25)24(20)12-7-4-3-5-8-12/h3-5,7-8H,2,6,9-11H2,1H3. The van der Waals surface area contributed by atoms with Crippen molar-refractivity contribution in [3.63, 3.8) is 0 Å². The van der Waals surface area contributed by atoms with Crippen molar-refractivity contribution >= 4 is 33.3 Å². The SMILES string of the molecule is CCc1noc(CSc2nc3sc4c(c3c(=O)n2-c2ccccc2)CCC4)n1. The second-order valence-corrected chi connectivity index (χ2v) is 8.68. The fourth-order valence-electron chi connectivity index (χ4n) is 3.54. The molecule has 6 nitrogen and oxygen atoms in total. The van der Waals surface area contributed by atoms with E-state index in [1.165, 1.54) is 22.2 Å². The van der Waals surface area contributed by atoms with Crippen LogP contribution in [0.2, 0.25) is 0 Å². The number of thiophene rings is 1. The summed E-state index contributed by atoms with van der Waals surface area (Å²) >= 11 is 3.11. The van der Waals surface area contributed by atoms with E-state index in [-0.39, 0.29) is 5.56 Å². The maximum absolute atomic E-state index is 13.5. The van der Waals surface area contributed by atoms with E-state index >= 15 is 0 Å². The van der Waals surface area contributed by atoms with E-state index in [1.54, 1.807) is 15.9 Å². The van der Waals surface area contributed by atoms with Gasteiger partial charge in [-0.25, -0.2) is 4.98 Å². The number of hydrogen-bond acceptors (Lipinski definition) is 7. The van der Waals surface area contributed by atoms with E-state index in [9.17, 15) is 4.79 Å². The van der Waals surface area contributed by atoms with Crippen LogP contribution in [0.4, 0.5) is 0 Å². The smallest absolute Gasteiger partial charge is 0.267 e. The molecule has 1 aromatic carbocycles. The van der Waals surface area contributed by atoms with Crippen LogP contribution in [0.3, 0.4) is 0 Å². The first kappa shape index (κ1) is 17.6. The molecular formula is C20H18N4O2S2. The number of thioether (sulfide) groups is 1. The molecule has 4 aromatic rings. The molecule has 142 valence electrons. The lowest BCUT2D eigenvalue weighted by molar-refractivity contribution is 0.385. The summed E-state index contributed by atoms with van der Waals surface area (Å²) in [5, 5.41) is 5.38. The molecule has 28 heavy (non-hydrogen) atoms. The molecule has 0 amide bonds. The van der Waals surface area contributed by atoms with Crippen LogP contribution in [0.5, 0.6) is 0 Å². The topological polar surface area (TPSA) is 73.8 Å². The highest BCUT2D eigenvalue weighted by atomic mass is 32.2. The molecule has 0 saturated carbocycles. The minimum Gasteiger partial charge on any atom is -0.338 e. The van der Waals surface area contributed by atoms with Crippen molar-refractivity contribution in [2.75, 3.05) is 0 Å². The van der Waals surface area contributed by atoms with Crippen molar-refractivity contribution in [1.82, 2.24) is 19.7 Å². The van der Waals surface area contributed by atoms with Gasteiger partial charge in [0.05, 0.1) is 16.8 Å². The molecule has 0 spiro atoms. The lowest BCUT2D eigenvalue weighted by Crippen LogP contribution is -2.21. The number of para-hydroxylation sites is 1. The number of benzene rings is 1. The van der Waals surface area contributed by atoms with Crippen molar-refractivity contribution in [3.05, 3.63) is 62.8 Å². The third-order valence-corrected chi connectivity index (χ3v) is 6.98. The predicted octanol–water partition coefficient (Wildman–Crippen LogP) is 4.17. The third kappa shape index (κ3) is 2.97. The molecule has 0 aliphatic heterocycles. The molecule has 0 fully saturated rings. The average Bonchev–Trinajstić information content (AvgIpc) is 3.42. The van der Waals surface area contributed by atoms with Crippen molar-refractivity contribution in [2.24, 2.45) is 0 Å². The predicted molar refractivity (Wildman–Crippen MR) is 110 cm³/mol. The van der Waals surface area contributed by atoms with Gasteiger partial charge in [-0.2, -0.15) is 4.98 Å². The molecule has 5 rings (SSSR count). The Labute approximate surface area is 169 Å². The molecule has 0 saturated heterocycles. The number of aryl methyl sites for hydroxylation is 3. The van der Waals surface area contributed by atoms with Crippen molar-refractivity contribution in [3.8, 4) is 5.69 Å². The van der Waals surface area contributed by atoms with E-state index in [0.29, 0.717) is 22.6 Å². The number of nitrogens with zero attached hydrogens (tertiary/aromatic N) is 4. The maximum atomic E-state index is 13.5. The third-order valence-electron chi connectivity index (χ3n) is 4.87. The first-order chi connectivity index (χ1) is 13.7. The van der Waals surface area contributed by atoms with Gasteiger partial charge < -0.3 is 4.52 Å². The molecular weight excluding hydrogens is 392 g/mol. The second kappa shape index (κ2) is 7.18. The molecule has 0 atom stereocenters. The van der Waals surface area contributed by atoms with Gasteiger partial charge in [-0.05, 0) is 37.0 Å². The van der Waals surface area contributed by atoms with Gasteiger partial charge >= 0.3 is 0 Å². The van der Waals surface area contributed by atoms with Gasteiger partial charge in [-0.15, -0.1) is 11.3 Å². The summed E-state index contributed by atoms with van der Waals surface area (Å²) in [6.07, 6.45) is 3.86. The van der Waals surface area contributed by atoms with Gasteiger partial charge in [-0.1, -0.05) is 42.0 Å². The average molecular weight is 411 g/mol. The highest BCUT2D eigenvalue weighted by molar-refractivity contribution is 7.98. The van der Waals surface area contributed by atoms with Crippen molar-refractivity contribution in [1.29, 1.82) is 0 Å². The summed E-state index contributed by atoms with van der Waals surface area (Å²) in [6.45, 7) is 1.99. The molecule has 3 aromatic heterocycles. The minimum absolute atomic E-state index is 0.0119. The molecule has 0 unspecified atom stereocenters. The lowest BCUT2D eigenvalue weighted by Gasteiger charge is -2.11.